The molecule has 128 valence electrons. The van der Waals surface area contributed by atoms with Crippen LogP contribution in [-0.2, 0) is 17.6 Å². The molecule has 1 aliphatic carbocycles. The second kappa shape index (κ2) is 7.08. The lowest BCUT2D eigenvalue weighted by molar-refractivity contribution is -0.113. The Morgan fingerprint density at radius 2 is 2.17 bits per heavy atom. The first kappa shape index (κ1) is 17.2. The van der Waals surface area contributed by atoms with Crippen molar-refractivity contribution in [3.8, 4) is 0 Å². The van der Waals surface area contributed by atoms with Crippen LogP contribution in [0, 0.1) is 5.92 Å². The van der Waals surface area contributed by atoms with Gasteiger partial charge < -0.3 is 16.8 Å². The van der Waals surface area contributed by atoms with Crippen molar-refractivity contribution in [1.82, 2.24) is 10.2 Å². The van der Waals surface area contributed by atoms with Crippen LogP contribution >= 0.6 is 34.4 Å². The van der Waals surface area contributed by atoms with Gasteiger partial charge in [-0.15, -0.1) is 21.5 Å². The first-order valence-corrected chi connectivity index (χ1v) is 10.0. The van der Waals surface area contributed by atoms with Gasteiger partial charge in [0.15, 0.2) is 4.34 Å². The zero-order valence-corrected chi connectivity index (χ0v) is 15.4. The van der Waals surface area contributed by atoms with Gasteiger partial charge in [-0.3, -0.25) is 9.59 Å². The van der Waals surface area contributed by atoms with Gasteiger partial charge in [-0.1, -0.05) is 30.0 Å². The topological polar surface area (TPSA) is 124 Å². The first-order chi connectivity index (χ1) is 11.4. The van der Waals surface area contributed by atoms with Crippen LogP contribution in [0.25, 0.3) is 0 Å². The summed E-state index contributed by atoms with van der Waals surface area (Å²) in [5.74, 6) is 0.0647. The minimum atomic E-state index is -0.484. The Bertz CT molecular complexity index is 785. The molecule has 0 saturated carbocycles. The van der Waals surface area contributed by atoms with Gasteiger partial charge in [0.25, 0.3) is 5.91 Å². The lowest BCUT2D eigenvalue weighted by atomic mass is 9.88. The molecule has 0 spiro atoms. The number of carbonyl (C=O) groups is 2. The molecule has 2 heterocycles. The first-order valence-electron chi connectivity index (χ1n) is 7.40. The highest BCUT2D eigenvalue weighted by molar-refractivity contribution is 8.01. The van der Waals surface area contributed by atoms with Gasteiger partial charge in [0.05, 0.1) is 11.3 Å². The monoisotopic (exact) mass is 383 g/mol. The number of rotatable bonds is 5. The van der Waals surface area contributed by atoms with Gasteiger partial charge in [-0.2, -0.15) is 0 Å². The molecule has 0 bridgehead atoms. The second-order valence-electron chi connectivity index (χ2n) is 5.66. The highest BCUT2D eigenvalue weighted by atomic mass is 32.2. The number of hydrogen-bond acceptors (Lipinski definition) is 8. The van der Waals surface area contributed by atoms with E-state index in [1.165, 1.54) is 34.4 Å². The van der Waals surface area contributed by atoms with Crippen molar-refractivity contribution in [2.24, 2.45) is 11.7 Å². The molecule has 2 amide bonds. The Labute approximate surface area is 151 Å². The van der Waals surface area contributed by atoms with Crippen LogP contribution in [-0.4, -0.2) is 27.8 Å². The summed E-state index contributed by atoms with van der Waals surface area (Å²) in [6, 6.07) is 0. The molecule has 0 fully saturated rings. The smallest absolute Gasteiger partial charge is 0.251 e. The number of nitrogens with zero attached hydrogens (tertiary/aromatic N) is 2. The van der Waals surface area contributed by atoms with Crippen molar-refractivity contribution < 1.29 is 9.59 Å². The van der Waals surface area contributed by atoms with Gasteiger partial charge >= 0.3 is 0 Å². The summed E-state index contributed by atoms with van der Waals surface area (Å²) in [6.45, 7) is 2.19. The number of aromatic nitrogens is 2. The molecule has 0 radical (unpaired) electrons. The predicted octanol–water partition coefficient (Wildman–Crippen LogP) is 2.14. The Morgan fingerprint density at radius 3 is 2.83 bits per heavy atom. The molecule has 3 rings (SSSR count). The van der Waals surface area contributed by atoms with Gasteiger partial charge in [0.1, 0.15) is 5.00 Å². The number of anilines is 2. The molecular formula is C14H17N5O2S3. The fraction of sp³-hybridized carbons (Fsp3) is 0.429. The third-order valence-corrected chi connectivity index (χ3v) is 6.82. The summed E-state index contributed by atoms with van der Waals surface area (Å²) in [6.07, 6.45) is 2.79. The number of thioether (sulfide) groups is 1. The van der Waals surface area contributed by atoms with E-state index in [0.717, 1.165) is 29.7 Å². The maximum Gasteiger partial charge on any atom is 0.251 e. The highest BCUT2D eigenvalue weighted by Crippen LogP contribution is 2.39. The summed E-state index contributed by atoms with van der Waals surface area (Å²) in [5, 5.41) is 11.3. The second-order valence-corrected chi connectivity index (χ2v) is 9.00. The minimum Gasteiger partial charge on any atom is -0.374 e. The van der Waals surface area contributed by atoms with Crippen molar-refractivity contribution in [3.05, 3.63) is 16.0 Å². The molecular weight excluding hydrogens is 366 g/mol. The molecule has 1 unspecified atom stereocenters. The Morgan fingerprint density at radius 1 is 1.38 bits per heavy atom. The van der Waals surface area contributed by atoms with Gasteiger partial charge in [0.2, 0.25) is 11.0 Å². The van der Waals surface area contributed by atoms with Gasteiger partial charge in [-0.05, 0) is 30.7 Å². The number of fused-ring (bicyclic) bond motifs is 1. The molecule has 0 aliphatic heterocycles. The van der Waals surface area contributed by atoms with E-state index in [9.17, 15) is 9.59 Å². The van der Waals surface area contributed by atoms with Crippen LogP contribution < -0.4 is 16.8 Å². The van der Waals surface area contributed by atoms with Crippen molar-refractivity contribution in [2.75, 3.05) is 16.8 Å². The Hall–Kier alpha value is -1.65. The van der Waals surface area contributed by atoms with Crippen molar-refractivity contribution >= 4 is 56.4 Å². The van der Waals surface area contributed by atoms with Crippen LogP contribution in [0.5, 0.6) is 0 Å². The number of amides is 2. The molecule has 1 aliphatic rings. The summed E-state index contributed by atoms with van der Waals surface area (Å²) >= 11 is 3.95. The van der Waals surface area contributed by atoms with Crippen LogP contribution in [0.1, 0.15) is 34.1 Å². The van der Waals surface area contributed by atoms with E-state index < -0.39 is 5.91 Å². The summed E-state index contributed by atoms with van der Waals surface area (Å²) in [7, 11) is 0. The van der Waals surface area contributed by atoms with Crippen LogP contribution in [0.3, 0.4) is 0 Å². The van der Waals surface area contributed by atoms with Gasteiger partial charge in [0, 0.05) is 4.88 Å². The zero-order chi connectivity index (χ0) is 17.3. The lowest BCUT2D eigenvalue weighted by Gasteiger charge is -2.18. The third-order valence-electron chi connectivity index (χ3n) is 3.76. The molecule has 5 N–H and O–H groups in total. The van der Waals surface area contributed by atoms with E-state index in [0.29, 0.717) is 26.0 Å². The maximum atomic E-state index is 12.2. The number of hydrogen-bond donors (Lipinski definition) is 3. The average Bonchev–Trinajstić information content (AvgIpc) is 3.07. The molecule has 1 atom stereocenters. The Balaban J connectivity index is 1.72. The molecule has 0 aromatic carbocycles. The summed E-state index contributed by atoms with van der Waals surface area (Å²) in [5.41, 5.74) is 12.5. The molecule has 2 aromatic rings. The predicted molar refractivity (Wildman–Crippen MR) is 97.7 cm³/mol. The van der Waals surface area contributed by atoms with Crippen molar-refractivity contribution in [1.29, 1.82) is 0 Å². The fourth-order valence-corrected chi connectivity index (χ4v) is 5.54. The molecule has 10 heteroatoms. The standard InChI is InChI=1S/C14H17N5O2S3/c1-6-2-3-7-8(4-6)23-12(10(7)11(15)21)17-9(20)5-22-14-19-18-13(16)24-14/h6H,2-5H2,1H3,(H2,15,21)(H2,16,18)(H,17,20). The molecule has 2 aromatic heterocycles. The molecule has 24 heavy (non-hydrogen) atoms. The largest absolute Gasteiger partial charge is 0.374 e. The minimum absolute atomic E-state index is 0.172. The van der Waals surface area contributed by atoms with Crippen molar-refractivity contribution in [2.45, 2.75) is 30.5 Å². The number of thiophene rings is 1. The number of nitrogens with one attached hydrogen (secondary N) is 1. The number of carbonyl (C=O) groups excluding carboxylic acids is 2. The van der Waals surface area contributed by atoms with E-state index in [1.807, 2.05) is 0 Å². The van der Waals surface area contributed by atoms with E-state index >= 15 is 0 Å². The van der Waals surface area contributed by atoms with E-state index in [2.05, 4.69) is 22.4 Å². The number of primary amides is 1. The lowest BCUT2D eigenvalue weighted by Crippen LogP contribution is -2.20. The van der Waals surface area contributed by atoms with Crippen LogP contribution in [0.4, 0.5) is 10.1 Å². The van der Waals surface area contributed by atoms with E-state index in [1.54, 1.807) is 0 Å². The highest BCUT2D eigenvalue weighted by Gasteiger charge is 2.27. The third kappa shape index (κ3) is 3.70. The average molecular weight is 384 g/mol. The van der Waals surface area contributed by atoms with E-state index in [4.69, 9.17) is 11.5 Å². The normalized spacial score (nSPS) is 16.6. The molecule has 7 nitrogen and oxygen atoms in total. The Kier molecular flexibility index (Phi) is 5.07. The number of nitrogens with two attached hydrogens (primary N) is 2. The fourth-order valence-electron chi connectivity index (χ4n) is 2.67. The van der Waals surface area contributed by atoms with Crippen LogP contribution in [0.15, 0.2) is 4.34 Å². The van der Waals surface area contributed by atoms with Crippen LogP contribution in [0.2, 0.25) is 0 Å². The SMILES string of the molecule is CC1CCc2c(sc(NC(=O)CSc3nnc(N)s3)c2C(N)=O)C1. The summed E-state index contributed by atoms with van der Waals surface area (Å²) in [4.78, 5) is 25.2. The van der Waals surface area contributed by atoms with Gasteiger partial charge in [-0.25, -0.2) is 0 Å². The summed E-state index contributed by atoms with van der Waals surface area (Å²) < 4.78 is 0.636. The zero-order valence-electron chi connectivity index (χ0n) is 13.0. The maximum absolute atomic E-state index is 12.2. The quantitative estimate of drug-likeness (QED) is 0.680. The van der Waals surface area contributed by atoms with E-state index in [-0.39, 0.29) is 11.7 Å². The van der Waals surface area contributed by atoms with Crippen molar-refractivity contribution in [3.63, 3.8) is 0 Å². The number of nitrogen functional groups attached to an aromatic ring is 1. The molecule has 0 saturated heterocycles.